The average molecular weight is 241 g/mol. The quantitative estimate of drug-likeness (QED) is 0.697. The molecule has 1 N–H and O–H groups in total. The predicted octanol–water partition coefficient (Wildman–Crippen LogP) is 1.65. The summed E-state index contributed by atoms with van der Waals surface area (Å²) in [6.07, 6.45) is 4.03. The molecule has 1 heterocycles. The monoisotopic (exact) mass is 241 g/mol. The van der Waals surface area contributed by atoms with E-state index in [4.69, 9.17) is 0 Å². The second kappa shape index (κ2) is 8.90. The third-order valence-corrected chi connectivity index (χ3v) is 3.55. The fraction of sp³-hybridized carbons (Fsp3) is 1.00. The Morgan fingerprint density at radius 2 is 1.76 bits per heavy atom. The fourth-order valence-electron chi connectivity index (χ4n) is 2.38. The maximum absolute atomic E-state index is 3.40. The van der Waals surface area contributed by atoms with E-state index < -0.39 is 0 Å². The van der Waals surface area contributed by atoms with Crippen molar-refractivity contribution in [1.82, 2.24) is 15.1 Å². The zero-order chi connectivity index (χ0) is 12.5. The van der Waals surface area contributed by atoms with E-state index >= 15 is 0 Å². The SMILES string of the molecule is CC(C)CCCN(C)CCCN1CCNCC1. The molecule has 0 radical (unpaired) electrons. The van der Waals surface area contributed by atoms with Crippen LogP contribution in [0.25, 0.3) is 0 Å². The largest absolute Gasteiger partial charge is 0.314 e. The third-order valence-electron chi connectivity index (χ3n) is 3.55. The van der Waals surface area contributed by atoms with Crippen molar-refractivity contribution in [1.29, 1.82) is 0 Å². The molecule has 0 aromatic rings. The normalized spacial score (nSPS) is 18.2. The highest BCUT2D eigenvalue weighted by Gasteiger charge is 2.08. The number of nitrogens with one attached hydrogen (secondary N) is 1. The Hall–Kier alpha value is -0.120. The van der Waals surface area contributed by atoms with Gasteiger partial charge >= 0.3 is 0 Å². The van der Waals surface area contributed by atoms with Crippen LogP contribution in [0.4, 0.5) is 0 Å². The van der Waals surface area contributed by atoms with Crippen molar-refractivity contribution in [3.05, 3.63) is 0 Å². The van der Waals surface area contributed by atoms with Crippen molar-refractivity contribution in [2.75, 3.05) is 52.9 Å². The van der Waals surface area contributed by atoms with E-state index in [1.165, 1.54) is 65.1 Å². The summed E-state index contributed by atoms with van der Waals surface area (Å²) < 4.78 is 0. The minimum absolute atomic E-state index is 0.851. The minimum atomic E-state index is 0.851. The topological polar surface area (TPSA) is 18.5 Å². The Kier molecular flexibility index (Phi) is 7.82. The number of hydrogen-bond acceptors (Lipinski definition) is 3. The Morgan fingerprint density at radius 3 is 2.41 bits per heavy atom. The molecule has 0 saturated carbocycles. The molecule has 0 amide bonds. The highest BCUT2D eigenvalue weighted by Crippen LogP contribution is 2.04. The molecule has 0 atom stereocenters. The highest BCUT2D eigenvalue weighted by molar-refractivity contribution is 4.67. The molecule has 3 nitrogen and oxygen atoms in total. The van der Waals surface area contributed by atoms with E-state index in [2.05, 4.69) is 36.0 Å². The van der Waals surface area contributed by atoms with Crippen molar-refractivity contribution >= 4 is 0 Å². The Balaban J connectivity index is 1.93. The molecule has 1 aliphatic heterocycles. The first-order valence-corrected chi connectivity index (χ1v) is 7.30. The molecule has 0 aliphatic carbocycles. The molecular formula is C14H31N3. The predicted molar refractivity (Wildman–Crippen MR) is 75.5 cm³/mol. The van der Waals surface area contributed by atoms with Crippen molar-refractivity contribution < 1.29 is 0 Å². The Morgan fingerprint density at radius 1 is 1.12 bits per heavy atom. The van der Waals surface area contributed by atoms with Gasteiger partial charge in [-0.3, -0.25) is 0 Å². The van der Waals surface area contributed by atoms with Crippen LogP contribution in [0.3, 0.4) is 0 Å². The van der Waals surface area contributed by atoms with Crippen molar-refractivity contribution in [3.8, 4) is 0 Å². The van der Waals surface area contributed by atoms with E-state index in [1.54, 1.807) is 0 Å². The molecule has 3 heteroatoms. The summed E-state index contributed by atoms with van der Waals surface area (Å²) in [5.41, 5.74) is 0. The average Bonchev–Trinajstić information content (AvgIpc) is 2.30. The molecule has 0 aromatic heterocycles. The van der Waals surface area contributed by atoms with Gasteiger partial charge in [0.25, 0.3) is 0 Å². The van der Waals surface area contributed by atoms with Crippen LogP contribution in [0.2, 0.25) is 0 Å². The van der Waals surface area contributed by atoms with Crippen LogP contribution >= 0.6 is 0 Å². The van der Waals surface area contributed by atoms with Gasteiger partial charge in [0.05, 0.1) is 0 Å². The standard InChI is InChI=1S/C14H31N3/c1-14(2)6-4-9-16(3)10-5-11-17-12-7-15-8-13-17/h14-15H,4-13H2,1-3H3. The van der Waals surface area contributed by atoms with Crippen molar-refractivity contribution in [2.24, 2.45) is 5.92 Å². The van der Waals surface area contributed by atoms with Crippen molar-refractivity contribution in [2.45, 2.75) is 33.1 Å². The van der Waals surface area contributed by atoms with E-state index in [-0.39, 0.29) is 0 Å². The lowest BCUT2D eigenvalue weighted by atomic mass is 10.1. The minimum Gasteiger partial charge on any atom is -0.314 e. The molecule has 102 valence electrons. The fourth-order valence-corrected chi connectivity index (χ4v) is 2.38. The summed E-state index contributed by atoms with van der Waals surface area (Å²) in [5, 5.41) is 3.40. The lowest BCUT2D eigenvalue weighted by Crippen LogP contribution is -2.44. The van der Waals surface area contributed by atoms with Gasteiger partial charge in [-0.25, -0.2) is 0 Å². The van der Waals surface area contributed by atoms with Crippen LogP contribution in [-0.4, -0.2) is 62.7 Å². The van der Waals surface area contributed by atoms with E-state index in [1.807, 2.05) is 0 Å². The molecule has 0 unspecified atom stereocenters. The molecule has 1 fully saturated rings. The van der Waals surface area contributed by atoms with Gasteiger partial charge < -0.3 is 15.1 Å². The molecule has 1 rings (SSSR count). The van der Waals surface area contributed by atoms with Crippen molar-refractivity contribution in [3.63, 3.8) is 0 Å². The molecule has 0 bridgehead atoms. The van der Waals surface area contributed by atoms with Gasteiger partial charge in [-0.1, -0.05) is 13.8 Å². The van der Waals surface area contributed by atoms with Crippen LogP contribution < -0.4 is 5.32 Å². The lowest BCUT2D eigenvalue weighted by molar-refractivity contribution is 0.220. The Labute approximate surface area is 108 Å². The zero-order valence-corrected chi connectivity index (χ0v) is 12.0. The third kappa shape index (κ3) is 7.74. The first kappa shape index (κ1) is 14.9. The molecular weight excluding hydrogens is 210 g/mol. The van der Waals surface area contributed by atoms with Gasteiger partial charge in [0.1, 0.15) is 0 Å². The molecule has 0 spiro atoms. The molecule has 1 saturated heterocycles. The highest BCUT2D eigenvalue weighted by atomic mass is 15.2. The van der Waals surface area contributed by atoms with Gasteiger partial charge in [0, 0.05) is 26.2 Å². The first-order valence-electron chi connectivity index (χ1n) is 7.30. The smallest absolute Gasteiger partial charge is 0.0107 e. The summed E-state index contributed by atoms with van der Waals surface area (Å²) in [7, 11) is 2.26. The molecule has 1 aliphatic rings. The first-order chi connectivity index (χ1) is 8.18. The summed E-state index contributed by atoms with van der Waals surface area (Å²) >= 11 is 0. The number of piperazine rings is 1. The van der Waals surface area contributed by atoms with Gasteiger partial charge in [0.2, 0.25) is 0 Å². The maximum Gasteiger partial charge on any atom is 0.0107 e. The van der Waals surface area contributed by atoms with Crippen LogP contribution in [0.15, 0.2) is 0 Å². The lowest BCUT2D eigenvalue weighted by Gasteiger charge is -2.28. The van der Waals surface area contributed by atoms with Crippen LogP contribution in [-0.2, 0) is 0 Å². The maximum atomic E-state index is 3.40. The summed E-state index contributed by atoms with van der Waals surface area (Å²) in [6.45, 7) is 13.2. The number of rotatable bonds is 8. The molecule has 0 aromatic carbocycles. The second-order valence-corrected chi connectivity index (χ2v) is 5.78. The molecule has 17 heavy (non-hydrogen) atoms. The number of hydrogen-bond donors (Lipinski definition) is 1. The van der Waals surface area contributed by atoms with Crippen LogP contribution in [0.5, 0.6) is 0 Å². The van der Waals surface area contributed by atoms with Crippen LogP contribution in [0.1, 0.15) is 33.1 Å². The van der Waals surface area contributed by atoms with Crippen LogP contribution in [0, 0.1) is 5.92 Å². The van der Waals surface area contributed by atoms with E-state index in [0.717, 1.165) is 5.92 Å². The van der Waals surface area contributed by atoms with Gasteiger partial charge in [0.15, 0.2) is 0 Å². The zero-order valence-electron chi connectivity index (χ0n) is 12.0. The van der Waals surface area contributed by atoms with E-state index in [0.29, 0.717) is 0 Å². The summed E-state index contributed by atoms with van der Waals surface area (Å²) in [5.74, 6) is 0.851. The summed E-state index contributed by atoms with van der Waals surface area (Å²) in [4.78, 5) is 5.07. The second-order valence-electron chi connectivity index (χ2n) is 5.78. The number of nitrogens with zero attached hydrogens (tertiary/aromatic N) is 2. The van der Waals surface area contributed by atoms with Gasteiger partial charge in [-0.05, 0) is 51.9 Å². The van der Waals surface area contributed by atoms with Gasteiger partial charge in [-0.15, -0.1) is 0 Å². The van der Waals surface area contributed by atoms with E-state index in [9.17, 15) is 0 Å². The van der Waals surface area contributed by atoms with Gasteiger partial charge in [-0.2, -0.15) is 0 Å². The summed E-state index contributed by atoms with van der Waals surface area (Å²) in [6, 6.07) is 0. The Bertz CT molecular complexity index is 176.